The van der Waals surface area contributed by atoms with E-state index in [4.69, 9.17) is 16.0 Å². The standard InChI is InChI=1S/C14H14ClN3O2/c15-13-11(4-10-20-13)14(19)18-8-6-17(7-9-18)12-3-1-2-5-16-12/h1-5,10H,6-9H2. The number of rotatable bonds is 2. The molecule has 104 valence electrons. The summed E-state index contributed by atoms with van der Waals surface area (Å²) in [5.41, 5.74) is 0.429. The molecule has 0 atom stereocenters. The highest BCUT2D eigenvalue weighted by Gasteiger charge is 2.25. The zero-order valence-corrected chi connectivity index (χ0v) is 11.6. The lowest BCUT2D eigenvalue weighted by Gasteiger charge is -2.35. The molecule has 20 heavy (non-hydrogen) atoms. The predicted octanol–water partition coefficient (Wildman–Crippen LogP) is 2.29. The van der Waals surface area contributed by atoms with Crippen LogP contribution in [0.25, 0.3) is 0 Å². The second kappa shape index (κ2) is 5.54. The summed E-state index contributed by atoms with van der Waals surface area (Å²) in [5, 5.41) is 0.155. The lowest BCUT2D eigenvalue weighted by molar-refractivity contribution is 0.0746. The van der Waals surface area contributed by atoms with Crippen LogP contribution in [-0.2, 0) is 0 Å². The number of carbonyl (C=O) groups is 1. The number of nitrogens with zero attached hydrogens (tertiary/aromatic N) is 3. The number of aromatic nitrogens is 1. The van der Waals surface area contributed by atoms with Gasteiger partial charge in [0.1, 0.15) is 5.82 Å². The first-order valence-corrected chi connectivity index (χ1v) is 6.82. The quantitative estimate of drug-likeness (QED) is 0.852. The first-order chi connectivity index (χ1) is 9.75. The number of pyridine rings is 1. The Labute approximate surface area is 121 Å². The van der Waals surface area contributed by atoms with E-state index in [-0.39, 0.29) is 11.1 Å². The largest absolute Gasteiger partial charge is 0.452 e. The van der Waals surface area contributed by atoms with Gasteiger partial charge >= 0.3 is 0 Å². The van der Waals surface area contributed by atoms with E-state index in [2.05, 4.69) is 9.88 Å². The van der Waals surface area contributed by atoms with E-state index in [9.17, 15) is 4.79 Å². The summed E-state index contributed by atoms with van der Waals surface area (Å²) >= 11 is 5.84. The van der Waals surface area contributed by atoms with Crippen LogP contribution in [0.1, 0.15) is 10.4 Å². The topological polar surface area (TPSA) is 49.6 Å². The number of hydrogen-bond acceptors (Lipinski definition) is 4. The smallest absolute Gasteiger partial charge is 0.258 e. The van der Waals surface area contributed by atoms with Crippen LogP contribution in [0.15, 0.2) is 41.1 Å². The zero-order valence-electron chi connectivity index (χ0n) is 10.8. The monoisotopic (exact) mass is 291 g/mol. The molecule has 2 aromatic heterocycles. The fourth-order valence-corrected chi connectivity index (χ4v) is 2.49. The second-order valence-electron chi connectivity index (χ2n) is 4.58. The number of anilines is 1. The molecule has 0 aliphatic carbocycles. The van der Waals surface area contributed by atoms with Crippen molar-refractivity contribution in [1.29, 1.82) is 0 Å². The first kappa shape index (κ1) is 13.0. The third kappa shape index (κ3) is 2.49. The van der Waals surface area contributed by atoms with Gasteiger partial charge in [0.25, 0.3) is 5.91 Å². The number of carbonyl (C=O) groups excluding carboxylic acids is 1. The fraction of sp³-hybridized carbons (Fsp3) is 0.286. The highest BCUT2D eigenvalue weighted by molar-refractivity contribution is 6.32. The maximum absolute atomic E-state index is 12.3. The fourth-order valence-electron chi connectivity index (χ4n) is 2.30. The minimum Gasteiger partial charge on any atom is -0.452 e. The van der Waals surface area contributed by atoms with Crippen molar-refractivity contribution in [3.05, 3.63) is 47.5 Å². The number of amides is 1. The summed E-state index contributed by atoms with van der Waals surface area (Å²) in [5.74, 6) is 0.866. The Balaban J connectivity index is 1.64. The molecule has 1 aliphatic rings. The Hall–Kier alpha value is -2.01. The number of piperazine rings is 1. The molecule has 0 bridgehead atoms. The summed E-state index contributed by atoms with van der Waals surface area (Å²) in [6.45, 7) is 2.82. The number of halogens is 1. The van der Waals surface area contributed by atoms with Crippen LogP contribution in [0, 0.1) is 0 Å². The van der Waals surface area contributed by atoms with Gasteiger partial charge in [-0.15, -0.1) is 0 Å². The van der Waals surface area contributed by atoms with E-state index < -0.39 is 0 Å². The van der Waals surface area contributed by atoms with Crippen LogP contribution >= 0.6 is 11.6 Å². The molecule has 0 spiro atoms. The van der Waals surface area contributed by atoms with Crippen LogP contribution in [-0.4, -0.2) is 42.0 Å². The van der Waals surface area contributed by atoms with Gasteiger partial charge in [-0.05, 0) is 29.8 Å². The minimum absolute atomic E-state index is 0.0792. The SMILES string of the molecule is O=C(c1ccoc1Cl)N1CCN(c2ccccn2)CC1. The van der Waals surface area contributed by atoms with Gasteiger partial charge in [0.05, 0.1) is 11.8 Å². The molecule has 0 saturated carbocycles. The number of furan rings is 1. The molecule has 6 heteroatoms. The highest BCUT2D eigenvalue weighted by Crippen LogP contribution is 2.20. The van der Waals surface area contributed by atoms with Crippen LogP contribution in [0.5, 0.6) is 0 Å². The van der Waals surface area contributed by atoms with Crippen LogP contribution in [0.4, 0.5) is 5.82 Å². The van der Waals surface area contributed by atoms with Crippen molar-refractivity contribution >= 4 is 23.3 Å². The zero-order chi connectivity index (χ0) is 13.9. The molecule has 1 fully saturated rings. The van der Waals surface area contributed by atoms with Crippen molar-refractivity contribution in [2.45, 2.75) is 0 Å². The summed E-state index contributed by atoms with van der Waals surface area (Å²) < 4.78 is 4.96. The predicted molar refractivity (Wildman–Crippen MR) is 76.1 cm³/mol. The van der Waals surface area contributed by atoms with Gasteiger partial charge in [-0.25, -0.2) is 4.98 Å². The lowest BCUT2D eigenvalue weighted by atomic mass is 10.2. The molecule has 1 aliphatic heterocycles. The molecule has 2 aromatic rings. The van der Waals surface area contributed by atoms with Crippen LogP contribution < -0.4 is 4.90 Å². The molecule has 3 heterocycles. The van der Waals surface area contributed by atoms with Gasteiger partial charge in [-0.2, -0.15) is 0 Å². The third-order valence-electron chi connectivity index (χ3n) is 3.39. The van der Waals surface area contributed by atoms with Gasteiger partial charge in [-0.3, -0.25) is 4.79 Å². The Morgan fingerprint density at radius 1 is 1.20 bits per heavy atom. The molecule has 1 amide bonds. The maximum atomic E-state index is 12.3. The van der Waals surface area contributed by atoms with Crippen LogP contribution in [0.3, 0.4) is 0 Å². The van der Waals surface area contributed by atoms with Crippen molar-refractivity contribution in [3.63, 3.8) is 0 Å². The third-order valence-corrected chi connectivity index (χ3v) is 3.68. The molecule has 0 radical (unpaired) electrons. The number of hydrogen-bond donors (Lipinski definition) is 0. The normalized spacial score (nSPS) is 15.4. The van der Waals surface area contributed by atoms with Gasteiger partial charge in [-0.1, -0.05) is 6.07 Å². The average molecular weight is 292 g/mol. The summed E-state index contributed by atoms with van der Waals surface area (Å²) in [7, 11) is 0. The van der Waals surface area contributed by atoms with Gasteiger partial charge in [0, 0.05) is 32.4 Å². The van der Waals surface area contributed by atoms with Gasteiger partial charge < -0.3 is 14.2 Å². The Morgan fingerprint density at radius 2 is 2.00 bits per heavy atom. The van der Waals surface area contributed by atoms with Crippen molar-refractivity contribution in [3.8, 4) is 0 Å². The molecule has 0 aromatic carbocycles. The van der Waals surface area contributed by atoms with E-state index >= 15 is 0 Å². The van der Waals surface area contributed by atoms with Crippen molar-refractivity contribution < 1.29 is 9.21 Å². The Morgan fingerprint density at radius 3 is 2.60 bits per heavy atom. The average Bonchev–Trinajstić information content (AvgIpc) is 2.94. The first-order valence-electron chi connectivity index (χ1n) is 6.44. The van der Waals surface area contributed by atoms with E-state index in [1.165, 1.54) is 6.26 Å². The van der Waals surface area contributed by atoms with Crippen LogP contribution in [0.2, 0.25) is 5.22 Å². The molecule has 5 nitrogen and oxygen atoms in total. The van der Waals surface area contributed by atoms with E-state index in [1.54, 1.807) is 17.2 Å². The minimum atomic E-state index is -0.0792. The van der Waals surface area contributed by atoms with E-state index in [1.807, 2.05) is 18.2 Å². The molecule has 0 N–H and O–H groups in total. The van der Waals surface area contributed by atoms with Gasteiger partial charge in [0.2, 0.25) is 5.22 Å². The summed E-state index contributed by atoms with van der Waals surface area (Å²) in [6, 6.07) is 7.44. The Bertz CT molecular complexity index is 591. The van der Waals surface area contributed by atoms with E-state index in [0.717, 1.165) is 18.9 Å². The van der Waals surface area contributed by atoms with Crippen molar-refractivity contribution in [1.82, 2.24) is 9.88 Å². The second-order valence-corrected chi connectivity index (χ2v) is 4.92. The molecule has 1 saturated heterocycles. The highest BCUT2D eigenvalue weighted by atomic mass is 35.5. The summed E-state index contributed by atoms with van der Waals surface area (Å²) in [6.07, 6.45) is 3.21. The molecular weight excluding hydrogens is 278 g/mol. The lowest BCUT2D eigenvalue weighted by Crippen LogP contribution is -2.49. The molecular formula is C14H14ClN3O2. The molecule has 3 rings (SSSR count). The van der Waals surface area contributed by atoms with Crippen molar-refractivity contribution in [2.75, 3.05) is 31.1 Å². The van der Waals surface area contributed by atoms with Crippen molar-refractivity contribution in [2.24, 2.45) is 0 Å². The van der Waals surface area contributed by atoms with E-state index in [0.29, 0.717) is 18.7 Å². The molecule has 0 unspecified atom stereocenters. The summed E-state index contributed by atoms with van der Waals surface area (Å²) in [4.78, 5) is 20.6. The van der Waals surface area contributed by atoms with Gasteiger partial charge in [0.15, 0.2) is 0 Å². The maximum Gasteiger partial charge on any atom is 0.258 e. The Kier molecular flexibility index (Phi) is 3.60.